The van der Waals surface area contributed by atoms with E-state index >= 15 is 0 Å². The average molecular weight is 450 g/mol. The molecule has 31 heavy (non-hydrogen) atoms. The second-order valence-electron chi connectivity index (χ2n) is 7.68. The van der Waals surface area contributed by atoms with Crippen LogP contribution >= 0.6 is 0 Å². The van der Waals surface area contributed by atoms with E-state index in [2.05, 4.69) is 0 Å². The summed E-state index contributed by atoms with van der Waals surface area (Å²) in [6, 6.07) is 14.6. The zero-order valence-corrected chi connectivity index (χ0v) is 18.9. The lowest BCUT2D eigenvalue weighted by atomic mass is 10.1. The number of ether oxygens (including phenoxy) is 3. The number of aliphatic hydroxyl groups excluding tert-OH is 1. The largest absolute Gasteiger partial charge is 0.497 e. The molecule has 1 unspecified atom stereocenters. The molecule has 1 saturated heterocycles. The van der Waals surface area contributed by atoms with Crippen LogP contribution < -0.4 is 9.47 Å². The van der Waals surface area contributed by atoms with Crippen LogP contribution in [0, 0.1) is 0 Å². The SMILES string of the molecule is COc1ccc(CN(Cc2ccc(OC)cc2)S(=O)(=O)C(CO)C[C@@H]2CCCO2)cc1. The number of benzene rings is 2. The fourth-order valence-corrected chi connectivity index (χ4v) is 5.46. The molecule has 170 valence electrons. The summed E-state index contributed by atoms with van der Waals surface area (Å²) in [6.07, 6.45) is 1.91. The molecule has 1 N–H and O–H groups in total. The molecular formula is C23H31NO6S. The van der Waals surface area contributed by atoms with Gasteiger partial charge in [0, 0.05) is 19.7 Å². The van der Waals surface area contributed by atoms with Crippen LogP contribution in [0.1, 0.15) is 30.4 Å². The monoisotopic (exact) mass is 449 g/mol. The smallest absolute Gasteiger partial charge is 0.219 e. The third kappa shape index (κ3) is 6.20. The van der Waals surface area contributed by atoms with Crippen molar-refractivity contribution in [3.8, 4) is 11.5 Å². The lowest BCUT2D eigenvalue weighted by molar-refractivity contribution is 0.0970. The lowest BCUT2D eigenvalue weighted by Gasteiger charge is -2.28. The fraction of sp³-hybridized carbons (Fsp3) is 0.478. The van der Waals surface area contributed by atoms with E-state index in [0.717, 1.165) is 24.0 Å². The van der Waals surface area contributed by atoms with Crippen molar-refractivity contribution in [3.63, 3.8) is 0 Å². The number of sulfonamides is 1. The van der Waals surface area contributed by atoms with Gasteiger partial charge in [-0.25, -0.2) is 8.42 Å². The van der Waals surface area contributed by atoms with Gasteiger partial charge in [0.2, 0.25) is 10.0 Å². The number of methoxy groups -OCH3 is 2. The summed E-state index contributed by atoms with van der Waals surface area (Å²) in [5.41, 5.74) is 1.68. The number of nitrogens with zero attached hydrogens (tertiary/aromatic N) is 1. The van der Waals surface area contributed by atoms with Crippen LogP contribution in [0.25, 0.3) is 0 Å². The average Bonchev–Trinajstić information content (AvgIpc) is 3.31. The van der Waals surface area contributed by atoms with Crippen LogP contribution in [0.4, 0.5) is 0 Å². The third-order valence-electron chi connectivity index (χ3n) is 5.57. The van der Waals surface area contributed by atoms with Crippen LogP contribution in [0.2, 0.25) is 0 Å². The zero-order chi connectivity index (χ0) is 22.3. The van der Waals surface area contributed by atoms with Gasteiger partial charge in [-0.1, -0.05) is 24.3 Å². The van der Waals surface area contributed by atoms with Crippen molar-refractivity contribution in [2.24, 2.45) is 0 Å². The highest BCUT2D eigenvalue weighted by Crippen LogP contribution is 2.25. The standard InChI is InChI=1S/C23H31NO6S/c1-28-20-9-5-18(6-10-20)15-24(16-19-7-11-21(29-2)12-8-19)31(26,27)23(17-25)14-22-4-3-13-30-22/h5-12,22-23,25H,3-4,13-17H2,1-2H3/t22-,23?/m0/s1. The van der Waals surface area contributed by atoms with Crippen LogP contribution in [0.5, 0.6) is 11.5 Å². The number of hydrogen-bond donors (Lipinski definition) is 1. The van der Waals surface area contributed by atoms with Crippen molar-refractivity contribution < 1.29 is 27.7 Å². The molecule has 2 aromatic rings. The van der Waals surface area contributed by atoms with Gasteiger partial charge in [-0.3, -0.25) is 0 Å². The highest BCUT2D eigenvalue weighted by atomic mass is 32.2. The molecule has 1 fully saturated rings. The molecule has 0 spiro atoms. The van der Waals surface area contributed by atoms with Crippen molar-refractivity contribution >= 4 is 10.0 Å². The molecule has 0 aromatic heterocycles. The predicted octanol–water partition coefficient (Wildman–Crippen LogP) is 2.97. The van der Waals surface area contributed by atoms with Gasteiger partial charge in [0.15, 0.2) is 0 Å². The van der Waals surface area contributed by atoms with E-state index in [1.807, 2.05) is 48.5 Å². The van der Waals surface area contributed by atoms with E-state index in [9.17, 15) is 13.5 Å². The molecule has 1 aliphatic heterocycles. The maximum Gasteiger partial charge on any atom is 0.219 e. The minimum Gasteiger partial charge on any atom is -0.497 e. The summed E-state index contributed by atoms with van der Waals surface area (Å²) in [6.45, 7) is 0.592. The minimum absolute atomic E-state index is 0.129. The summed E-state index contributed by atoms with van der Waals surface area (Å²) in [5.74, 6) is 1.42. The van der Waals surface area contributed by atoms with Gasteiger partial charge in [-0.05, 0) is 54.7 Å². The molecule has 0 radical (unpaired) electrons. The van der Waals surface area contributed by atoms with Crippen molar-refractivity contribution in [1.82, 2.24) is 4.31 Å². The van der Waals surface area contributed by atoms with Crippen molar-refractivity contribution in [1.29, 1.82) is 0 Å². The van der Waals surface area contributed by atoms with Gasteiger partial charge >= 0.3 is 0 Å². The van der Waals surface area contributed by atoms with E-state index in [0.29, 0.717) is 24.5 Å². The number of aliphatic hydroxyl groups is 1. The maximum absolute atomic E-state index is 13.6. The topological polar surface area (TPSA) is 85.3 Å². The normalized spacial score (nSPS) is 17.6. The van der Waals surface area contributed by atoms with Gasteiger partial charge in [-0.15, -0.1) is 0 Å². The summed E-state index contributed by atoms with van der Waals surface area (Å²) in [5, 5.41) is 9.04. The molecule has 3 rings (SSSR count). The molecule has 1 aliphatic rings. The van der Waals surface area contributed by atoms with Gasteiger partial charge in [0.05, 0.1) is 26.9 Å². The Bertz CT molecular complexity index is 859. The minimum atomic E-state index is -3.79. The summed E-state index contributed by atoms with van der Waals surface area (Å²) in [7, 11) is -0.608. The molecule has 0 amide bonds. The molecule has 2 aromatic carbocycles. The number of hydrogen-bond acceptors (Lipinski definition) is 6. The number of rotatable bonds is 11. The molecule has 7 nitrogen and oxygen atoms in total. The molecule has 8 heteroatoms. The van der Waals surface area contributed by atoms with Gasteiger partial charge in [-0.2, -0.15) is 4.31 Å². The van der Waals surface area contributed by atoms with Gasteiger partial charge < -0.3 is 19.3 Å². The lowest BCUT2D eigenvalue weighted by Crippen LogP contribution is -2.41. The predicted molar refractivity (Wildman–Crippen MR) is 119 cm³/mol. The van der Waals surface area contributed by atoms with E-state index in [-0.39, 0.29) is 19.2 Å². The molecule has 0 aliphatic carbocycles. The second kappa shape index (κ2) is 10.9. The Labute approximate surface area is 184 Å². The van der Waals surface area contributed by atoms with Crippen LogP contribution in [0.3, 0.4) is 0 Å². The molecule has 2 atom stereocenters. The first kappa shape index (κ1) is 23.5. The van der Waals surface area contributed by atoms with E-state index < -0.39 is 21.9 Å². The van der Waals surface area contributed by atoms with E-state index in [4.69, 9.17) is 14.2 Å². The second-order valence-corrected chi connectivity index (χ2v) is 9.90. The van der Waals surface area contributed by atoms with E-state index in [1.165, 1.54) is 4.31 Å². The Balaban J connectivity index is 1.85. The Morgan fingerprint density at radius 3 is 1.90 bits per heavy atom. The molecule has 1 heterocycles. The highest BCUT2D eigenvalue weighted by Gasteiger charge is 2.35. The van der Waals surface area contributed by atoms with Gasteiger partial charge in [0.25, 0.3) is 0 Å². The third-order valence-corrected chi connectivity index (χ3v) is 7.73. The van der Waals surface area contributed by atoms with Crippen molar-refractivity contribution in [2.45, 2.75) is 43.7 Å². The van der Waals surface area contributed by atoms with Crippen molar-refractivity contribution in [2.75, 3.05) is 27.4 Å². The van der Waals surface area contributed by atoms with Crippen LogP contribution in [0.15, 0.2) is 48.5 Å². The molecular weight excluding hydrogens is 418 g/mol. The van der Waals surface area contributed by atoms with Crippen LogP contribution in [-0.2, 0) is 27.8 Å². The van der Waals surface area contributed by atoms with Crippen LogP contribution in [-0.4, -0.2) is 56.6 Å². The fourth-order valence-electron chi connectivity index (χ4n) is 3.73. The van der Waals surface area contributed by atoms with E-state index in [1.54, 1.807) is 14.2 Å². The Morgan fingerprint density at radius 1 is 1.00 bits per heavy atom. The summed E-state index contributed by atoms with van der Waals surface area (Å²) >= 11 is 0. The molecule has 0 saturated carbocycles. The highest BCUT2D eigenvalue weighted by molar-refractivity contribution is 7.89. The first-order chi connectivity index (χ1) is 15.0. The summed E-state index contributed by atoms with van der Waals surface area (Å²) < 4.78 is 44.6. The Hall–Kier alpha value is -2.13. The van der Waals surface area contributed by atoms with Crippen molar-refractivity contribution in [3.05, 3.63) is 59.7 Å². The summed E-state index contributed by atoms with van der Waals surface area (Å²) in [4.78, 5) is 0. The first-order valence-corrected chi connectivity index (χ1v) is 11.9. The molecule has 0 bridgehead atoms. The quantitative estimate of drug-likeness (QED) is 0.568. The maximum atomic E-state index is 13.6. The van der Waals surface area contributed by atoms with Gasteiger partial charge in [0.1, 0.15) is 16.7 Å². The Kier molecular flexibility index (Phi) is 8.31. The Morgan fingerprint density at radius 2 is 1.52 bits per heavy atom. The first-order valence-electron chi connectivity index (χ1n) is 10.4. The zero-order valence-electron chi connectivity index (χ0n) is 18.1.